The number of carbonyl (C=O) groups excluding carboxylic acids is 2. The molecule has 0 bridgehead atoms. The Morgan fingerprint density at radius 2 is 1.95 bits per heavy atom. The first kappa shape index (κ1) is 26.9. The number of methoxy groups -OCH3 is 1. The van der Waals surface area contributed by atoms with E-state index in [1.165, 1.54) is 13.2 Å². The molecule has 1 aliphatic heterocycles. The summed E-state index contributed by atoms with van der Waals surface area (Å²) in [5.74, 6) is 0.215. The van der Waals surface area contributed by atoms with Crippen LogP contribution in [0.25, 0.3) is 16.6 Å². The van der Waals surface area contributed by atoms with Crippen molar-refractivity contribution >= 4 is 40.2 Å². The summed E-state index contributed by atoms with van der Waals surface area (Å²) in [6, 6.07) is 15.7. The third kappa shape index (κ3) is 5.83. The summed E-state index contributed by atoms with van der Waals surface area (Å²) < 4.78 is 12.5. The summed E-state index contributed by atoms with van der Waals surface area (Å²) in [4.78, 5) is 35.8. The van der Waals surface area contributed by atoms with E-state index in [1.54, 1.807) is 17.3 Å². The van der Waals surface area contributed by atoms with Crippen LogP contribution in [0.2, 0.25) is 0 Å². The summed E-state index contributed by atoms with van der Waals surface area (Å²) in [7, 11) is 1.36. The van der Waals surface area contributed by atoms with Gasteiger partial charge in [-0.1, -0.05) is 12.1 Å². The molecule has 0 saturated carbocycles. The Bertz CT molecular complexity index is 1570. The van der Waals surface area contributed by atoms with Crippen LogP contribution in [0.4, 0.5) is 16.3 Å². The molecule has 1 aliphatic rings. The Morgan fingerprint density at radius 3 is 2.70 bits per heavy atom. The van der Waals surface area contributed by atoms with Crippen molar-refractivity contribution in [3.05, 3.63) is 90.0 Å². The molecule has 40 heavy (non-hydrogen) atoms. The fraction of sp³-hybridized carbons (Fsp3) is 0.290. The largest absolute Gasteiger partial charge is 0.466 e. The van der Waals surface area contributed by atoms with E-state index in [-0.39, 0.29) is 6.09 Å². The van der Waals surface area contributed by atoms with E-state index < -0.39 is 11.6 Å². The molecule has 9 heteroatoms. The highest BCUT2D eigenvalue weighted by Gasteiger charge is 2.28. The maximum absolute atomic E-state index is 12.9. The number of hydrogen-bond acceptors (Lipinski definition) is 7. The van der Waals surface area contributed by atoms with Gasteiger partial charge >= 0.3 is 12.1 Å². The molecule has 4 aromatic rings. The standard InChI is InChI=1S/C31H33N5O4/c1-31(2,3)40-30(38)36-16-7-9-21-12-13-23(34-29(21)36)20-33-25-10-5-11-26-24(25)14-17-35(26)27(18-28(37)39-4)22-8-6-15-32-19-22/h5-6,8,10-15,17-19,33H,7,9,16,20H2,1-4H3/b27-18-. The molecular formula is C31H33N5O4. The smallest absolute Gasteiger partial charge is 0.416 e. The van der Waals surface area contributed by atoms with E-state index in [0.29, 0.717) is 24.6 Å². The number of anilines is 2. The van der Waals surface area contributed by atoms with Crippen molar-refractivity contribution in [1.29, 1.82) is 0 Å². The SMILES string of the molecule is COC(=O)/C=C(/c1cccnc1)n1ccc2c(NCc3ccc4c(n3)N(C(=O)OC(C)(C)C)CCC4)cccc21. The molecule has 0 fully saturated rings. The number of fused-ring (bicyclic) bond motifs is 2. The van der Waals surface area contributed by atoms with Gasteiger partial charge in [-0.2, -0.15) is 0 Å². The summed E-state index contributed by atoms with van der Waals surface area (Å²) in [6.07, 6.45) is 8.16. The lowest BCUT2D eigenvalue weighted by Crippen LogP contribution is -2.40. The van der Waals surface area contributed by atoms with Gasteiger partial charge in [0.25, 0.3) is 0 Å². The predicted molar refractivity (Wildman–Crippen MR) is 155 cm³/mol. The van der Waals surface area contributed by atoms with Crippen molar-refractivity contribution in [3.8, 4) is 0 Å². The average Bonchev–Trinajstić information content (AvgIpc) is 3.38. The Morgan fingerprint density at radius 1 is 1.10 bits per heavy atom. The molecule has 0 spiro atoms. The average molecular weight is 540 g/mol. The first-order chi connectivity index (χ1) is 19.2. The molecule has 0 aliphatic carbocycles. The number of amides is 1. The molecule has 5 rings (SSSR count). The lowest BCUT2D eigenvalue weighted by molar-refractivity contribution is -0.134. The van der Waals surface area contributed by atoms with Gasteiger partial charge in [0.05, 0.1) is 30.6 Å². The van der Waals surface area contributed by atoms with Crippen molar-refractivity contribution in [2.45, 2.75) is 45.8 Å². The highest BCUT2D eigenvalue weighted by Crippen LogP contribution is 2.31. The van der Waals surface area contributed by atoms with Crippen LogP contribution in [0.5, 0.6) is 0 Å². The van der Waals surface area contributed by atoms with E-state index in [4.69, 9.17) is 14.5 Å². The quantitative estimate of drug-likeness (QED) is 0.244. The molecule has 1 N–H and O–H groups in total. The number of nitrogens with zero attached hydrogens (tertiary/aromatic N) is 4. The number of rotatable bonds is 6. The highest BCUT2D eigenvalue weighted by molar-refractivity contribution is 5.98. The molecule has 0 atom stereocenters. The third-order valence-corrected chi connectivity index (χ3v) is 6.58. The van der Waals surface area contributed by atoms with Crippen molar-refractivity contribution in [3.63, 3.8) is 0 Å². The minimum atomic E-state index is -0.578. The van der Waals surface area contributed by atoms with E-state index in [1.807, 2.05) is 80.1 Å². The summed E-state index contributed by atoms with van der Waals surface area (Å²) in [6.45, 7) is 6.64. The van der Waals surface area contributed by atoms with Gasteiger partial charge in [-0.05, 0) is 75.6 Å². The van der Waals surface area contributed by atoms with Gasteiger partial charge in [0.15, 0.2) is 0 Å². The Hall–Kier alpha value is -4.66. The van der Waals surface area contributed by atoms with E-state index in [2.05, 4.69) is 10.3 Å². The molecule has 206 valence electrons. The minimum Gasteiger partial charge on any atom is -0.466 e. The molecule has 4 heterocycles. The van der Waals surface area contributed by atoms with Gasteiger partial charge in [0.2, 0.25) is 0 Å². The van der Waals surface area contributed by atoms with Crippen LogP contribution in [0.1, 0.15) is 44.0 Å². The van der Waals surface area contributed by atoms with Crippen LogP contribution in [0, 0.1) is 0 Å². The maximum atomic E-state index is 12.9. The number of aryl methyl sites for hydroxylation is 1. The summed E-state index contributed by atoms with van der Waals surface area (Å²) in [5.41, 5.74) is 4.56. The lowest BCUT2D eigenvalue weighted by atomic mass is 10.1. The summed E-state index contributed by atoms with van der Waals surface area (Å²) >= 11 is 0. The van der Waals surface area contributed by atoms with Gasteiger partial charge < -0.3 is 19.4 Å². The van der Waals surface area contributed by atoms with E-state index in [0.717, 1.165) is 46.3 Å². The zero-order chi connectivity index (χ0) is 28.3. The molecule has 1 amide bonds. The molecule has 0 radical (unpaired) electrons. The fourth-order valence-electron chi connectivity index (χ4n) is 4.77. The Kier molecular flexibility index (Phi) is 7.55. The van der Waals surface area contributed by atoms with Crippen molar-refractivity contribution in [1.82, 2.24) is 14.5 Å². The lowest BCUT2D eigenvalue weighted by Gasteiger charge is -2.31. The molecule has 3 aromatic heterocycles. The molecule has 1 aromatic carbocycles. The van der Waals surface area contributed by atoms with Crippen molar-refractivity contribution in [2.75, 3.05) is 23.9 Å². The minimum absolute atomic E-state index is 0.374. The van der Waals surface area contributed by atoms with Crippen molar-refractivity contribution in [2.24, 2.45) is 0 Å². The normalized spacial score (nSPS) is 13.6. The zero-order valence-corrected chi connectivity index (χ0v) is 23.2. The van der Waals surface area contributed by atoms with Crippen LogP contribution in [0.15, 0.2) is 73.2 Å². The zero-order valence-electron chi connectivity index (χ0n) is 23.2. The van der Waals surface area contributed by atoms with Gasteiger partial charge in [-0.25, -0.2) is 14.6 Å². The van der Waals surface area contributed by atoms with Crippen LogP contribution in [-0.4, -0.2) is 45.9 Å². The molecule has 0 saturated heterocycles. The van der Waals surface area contributed by atoms with E-state index in [9.17, 15) is 9.59 Å². The van der Waals surface area contributed by atoms with E-state index >= 15 is 0 Å². The maximum Gasteiger partial charge on any atom is 0.416 e. The predicted octanol–water partition coefficient (Wildman–Crippen LogP) is 5.79. The number of aromatic nitrogens is 3. The second kappa shape index (κ2) is 11.2. The number of benzene rings is 1. The topological polar surface area (TPSA) is 98.6 Å². The number of nitrogens with one attached hydrogen (secondary N) is 1. The highest BCUT2D eigenvalue weighted by atomic mass is 16.6. The van der Waals surface area contributed by atoms with Crippen LogP contribution < -0.4 is 10.2 Å². The number of carbonyl (C=O) groups is 2. The first-order valence-electron chi connectivity index (χ1n) is 13.3. The number of hydrogen-bond donors (Lipinski definition) is 1. The monoisotopic (exact) mass is 539 g/mol. The van der Waals surface area contributed by atoms with Gasteiger partial charge in [0, 0.05) is 47.8 Å². The molecule has 9 nitrogen and oxygen atoms in total. The second-order valence-electron chi connectivity index (χ2n) is 10.6. The Labute approximate surface area is 233 Å². The van der Waals surface area contributed by atoms with Gasteiger partial charge in [-0.15, -0.1) is 0 Å². The van der Waals surface area contributed by atoms with Gasteiger partial charge in [-0.3, -0.25) is 9.88 Å². The fourth-order valence-corrected chi connectivity index (χ4v) is 4.77. The van der Waals surface area contributed by atoms with Crippen LogP contribution >= 0.6 is 0 Å². The van der Waals surface area contributed by atoms with Crippen LogP contribution in [0.3, 0.4) is 0 Å². The van der Waals surface area contributed by atoms with Gasteiger partial charge in [0.1, 0.15) is 11.4 Å². The van der Waals surface area contributed by atoms with Crippen LogP contribution in [-0.2, 0) is 27.2 Å². The Balaban J connectivity index is 1.42. The molecular weight excluding hydrogens is 506 g/mol. The second-order valence-corrected chi connectivity index (χ2v) is 10.6. The first-order valence-corrected chi connectivity index (χ1v) is 13.3. The number of pyridine rings is 2. The number of ether oxygens (including phenoxy) is 2. The number of esters is 1. The molecule has 0 unspecified atom stereocenters. The summed E-state index contributed by atoms with van der Waals surface area (Å²) in [5, 5.41) is 4.49. The van der Waals surface area contributed by atoms with Crippen molar-refractivity contribution < 1.29 is 19.1 Å². The third-order valence-electron chi connectivity index (χ3n) is 6.58.